The maximum Gasteiger partial charge on any atom is 0.242 e. The summed E-state index contributed by atoms with van der Waals surface area (Å²) in [6.45, 7) is 10.8. The van der Waals surface area contributed by atoms with Gasteiger partial charge in [0.2, 0.25) is 5.91 Å². The smallest absolute Gasteiger partial charge is 0.242 e. The molecule has 0 fully saturated rings. The maximum atomic E-state index is 12.9. The molecule has 0 spiro atoms. The van der Waals surface area contributed by atoms with Gasteiger partial charge in [0.15, 0.2) is 6.29 Å². The van der Waals surface area contributed by atoms with Crippen molar-refractivity contribution in [3.63, 3.8) is 0 Å². The molecular formula is C21H36N2O4. The molecule has 0 heterocycles. The number of amides is 1. The standard InChI is InChI=1S/C21H36N2O4/c1-5-26-20(27-6-2)14-23(13-12-17(3)4)21(24)19(22)16-25-15-18-10-8-7-9-11-18/h7-11,17,19-20H,5-6,12-16,22H2,1-4H3. The van der Waals surface area contributed by atoms with E-state index >= 15 is 0 Å². The number of hydrogen-bond donors (Lipinski definition) is 1. The number of rotatable bonds is 14. The minimum absolute atomic E-state index is 0.131. The molecule has 0 aromatic heterocycles. The first-order valence-electron chi connectivity index (χ1n) is 9.87. The average Bonchev–Trinajstić information content (AvgIpc) is 2.65. The van der Waals surface area contributed by atoms with E-state index < -0.39 is 12.3 Å². The highest BCUT2D eigenvalue weighted by Crippen LogP contribution is 2.08. The Morgan fingerprint density at radius 3 is 2.30 bits per heavy atom. The predicted octanol–water partition coefficient (Wildman–Crippen LogP) is 2.80. The molecule has 0 saturated heterocycles. The van der Waals surface area contributed by atoms with Crippen molar-refractivity contribution in [2.45, 2.75) is 53.1 Å². The van der Waals surface area contributed by atoms with Crippen LogP contribution in [0.3, 0.4) is 0 Å². The number of nitrogens with zero attached hydrogens (tertiary/aromatic N) is 1. The Morgan fingerprint density at radius 1 is 1.11 bits per heavy atom. The van der Waals surface area contributed by atoms with Gasteiger partial charge >= 0.3 is 0 Å². The van der Waals surface area contributed by atoms with Crippen LogP contribution in [0.25, 0.3) is 0 Å². The van der Waals surface area contributed by atoms with Gasteiger partial charge < -0.3 is 24.8 Å². The van der Waals surface area contributed by atoms with E-state index in [1.165, 1.54) is 0 Å². The minimum atomic E-state index is -0.704. The first-order valence-corrected chi connectivity index (χ1v) is 9.87. The Hall–Kier alpha value is -1.47. The second-order valence-corrected chi connectivity index (χ2v) is 6.91. The largest absolute Gasteiger partial charge is 0.375 e. The van der Waals surface area contributed by atoms with Crippen LogP contribution in [0.1, 0.15) is 39.7 Å². The van der Waals surface area contributed by atoms with Gasteiger partial charge in [0.25, 0.3) is 0 Å². The topological polar surface area (TPSA) is 74.0 Å². The molecule has 0 bridgehead atoms. The van der Waals surface area contributed by atoms with E-state index in [9.17, 15) is 4.79 Å². The zero-order chi connectivity index (χ0) is 20.1. The zero-order valence-corrected chi connectivity index (χ0v) is 17.2. The molecule has 1 amide bonds. The van der Waals surface area contributed by atoms with Crippen LogP contribution in [-0.4, -0.2) is 56.0 Å². The number of benzene rings is 1. The van der Waals surface area contributed by atoms with E-state index in [-0.39, 0.29) is 12.5 Å². The van der Waals surface area contributed by atoms with Gasteiger partial charge in [-0.15, -0.1) is 0 Å². The Labute approximate surface area is 164 Å². The summed E-state index contributed by atoms with van der Waals surface area (Å²) < 4.78 is 16.8. The Kier molecular flexibility index (Phi) is 11.9. The number of nitrogens with two attached hydrogens (primary N) is 1. The first kappa shape index (κ1) is 23.6. The highest BCUT2D eigenvalue weighted by molar-refractivity contribution is 5.81. The molecular weight excluding hydrogens is 344 g/mol. The van der Waals surface area contributed by atoms with Crippen LogP contribution in [0, 0.1) is 5.92 Å². The van der Waals surface area contributed by atoms with Gasteiger partial charge in [-0.2, -0.15) is 0 Å². The van der Waals surface area contributed by atoms with Crippen molar-refractivity contribution >= 4 is 5.91 Å². The fourth-order valence-electron chi connectivity index (χ4n) is 2.59. The minimum Gasteiger partial charge on any atom is -0.375 e. The fraction of sp³-hybridized carbons (Fsp3) is 0.667. The number of hydrogen-bond acceptors (Lipinski definition) is 5. The highest BCUT2D eigenvalue weighted by atomic mass is 16.7. The van der Waals surface area contributed by atoms with Crippen molar-refractivity contribution in [2.24, 2.45) is 11.7 Å². The third-order valence-electron chi connectivity index (χ3n) is 4.09. The van der Waals surface area contributed by atoms with E-state index in [0.717, 1.165) is 12.0 Å². The Morgan fingerprint density at radius 2 is 1.74 bits per heavy atom. The molecule has 1 aromatic carbocycles. The molecule has 2 N–H and O–H groups in total. The number of carbonyl (C=O) groups excluding carboxylic acids is 1. The van der Waals surface area contributed by atoms with E-state index in [1.54, 1.807) is 4.90 Å². The van der Waals surface area contributed by atoms with Crippen molar-refractivity contribution in [2.75, 3.05) is 32.9 Å². The summed E-state index contributed by atoms with van der Waals surface area (Å²) in [4.78, 5) is 14.6. The summed E-state index contributed by atoms with van der Waals surface area (Å²) in [5, 5.41) is 0. The van der Waals surface area contributed by atoms with Crippen molar-refractivity contribution in [3.8, 4) is 0 Å². The van der Waals surface area contributed by atoms with Crippen LogP contribution in [0.5, 0.6) is 0 Å². The van der Waals surface area contributed by atoms with Crippen LogP contribution in [-0.2, 0) is 25.6 Å². The van der Waals surface area contributed by atoms with Gasteiger partial charge in [-0.05, 0) is 31.7 Å². The molecule has 6 nitrogen and oxygen atoms in total. The fourth-order valence-corrected chi connectivity index (χ4v) is 2.59. The monoisotopic (exact) mass is 380 g/mol. The first-order chi connectivity index (χ1) is 13.0. The molecule has 1 unspecified atom stereocenters. The maximum absolute atomic E-state index is 12.9. The van der Waals surface area contributed by atoms with E-state index in [1.807, 2.05) is 44.2 Å². The number of ether oxygens (including phenoxy) is 3. The molecule has 1 aromatic rings. The molecule has 0 radical (unpaired) electrons. The molecule has 1 atom stereocenters. The SMILES string of the molecule is CCOC(CN(CCC(C)C)C(=O)C(N)COCc1ccccc1)OCC. The highest BCUT2D eigenvalue weighted by Gasteiger charge is 2.24. The van der Waals surface area contributed by atoms with E-state index in [0.29, 0.717) is 38.8 Å². The summed E-state index contributed by atoms with van der Waals surface area (Å²) in [5.74, 6) is 0.358. The number of carbonyl (C=O) groups is 1. The second-order valence-electron chi connectivity index (χ2n) is 6.91. The molecule has 0 aliphatic heterocycles. The third kappa shape index (κ3) is 9.86. The van der Waals surface area contributed by atoms with Gasteiger partial charge in [0, 0.05) is 19.8 Å². The normalized spacial score (nSPS) is 12.6. The van der Waals surface area contributed by atoms with Crippen molar-refractivity contribution < 1.29 is 19.0 Å². The van der Waals surface area contributed by atoms with Crippen molar-refractivity contribution in [1.82, 2.24) is 4.90 Å². The van der Waals surface area contributed by atoms with Gasteiger partial charge in [-0.3, -0.25) is 4.79 Å². The summed E-state index contributed by atoms with van der Waals surface area (Å²) in [7, 11) is 0. The Bertz CT molecular complexity index is 504. The van der Waals surface area contributed by atoms with Gasteiger partial charge in [0.1, 0.15) is 6.04 Å². The molecule has 1 rings (SSSR count). The lowest BCUT2D eigenvalue weighted by atomic mass is 10.1. The van der Waals surface area contributed by atoms with Crippen LogP contribution in [0.4, 0.5) is 0 Å². The Balaban J connectivity index is 2.60. The van der Waals surface area contributed by atoms with Gasteiger partial charge in [-0.1, -0.05) is 44.2 Å². The van der Waals surface area contributed by atoms with Crippen LogP contribution in [0.2, 0.25) is 0 Å². The summed E-state index contributed by atoms with van der Waals surface area (Å²) >= 11 is 0. The second kappa shape index (κ2) is 13.7. The molecule has 0 aliphatic rings. The van der Waals surface area contributed by atoms with Crippen molar-refractivity contribution in [1.29, 1.82) is 0 Å². The van der Waals surface area contributed by atoms with E-state index in [2.05, 4.69) is 13.8 Å². The van der Waals surface area contributed by atoms with Crippen LogP contribution in [0.15, 0.2) is 30.3 Å². The van der Waals surface area contributed by atoms with Crippen LogP contribution >= 0.6 is 0 Å². The van der Waals surface area contributed by atoms with Gasteiger partial charge in [0.05, 0.1) is 19.8 Å². The van der Waals surface area contributed by atoms with E-state index in [4.69, 9.17) is 19.9 Å². The molecule has 154 valence electrons. The van der Waals surface area contributed by atoms with Crippen molar-refractivity contribution in [3.05, 3.63) is 35.9 Å². The molecule has 27 heavy (non-hydrogen) atoms. The zero-order valence-electron chi connectivity index (χ0n) is 17.2. The average molecular weight is 381 g/mol. The van der Waals surface area contributed by atoms with Gasteiger partial charge in [-0.25, -0.2) is 0 Å². The summed E-state index contributed by atoms with van der Waals surface area (Å²) in [5.41, 5.74) is 7.17. The quantitative estimate of drug-likeness (QED) is 0.502. The summed E-state index contributed by atoms with van der Waals surface area (Å²) in [6, 6.07) is 9.13. The molecule has 0 aliphatic carbocycles. The van der Waals surface area contributed by atoms with Crippen LogP contribution < -0.4 is 5.73 Å². The lowest BCUT2D eigenvalue weighted by Crippen LogP contribution is -2.49. The third-order valence-corrected chi connectivity index (χ3v) is 4.09. The molecule has 6 heteroatoms. The lowest BCUT2D eigenvalue weighted by molar-refractivity contribution is -0.160. The predicted molar refractivity (Wildman–Crippen MR) is 107 cm³/mol. The molecule has 0 saturated carbocycles. The lowest BCUT2D eigenvalue weighted by Gasteiger charge is -2.30. The summed E-state index contributed by atoms with van der Waals surface area (Å²) in [6.07, 6.45) is 0.461.